The fourth-order valence-corrected chi connectivity index (χ4v) is 4.84. The summed E-state index contributed by atoms with van der Waals surface area (Å²) in [4.78, 5) is 19.7. The van der Waals surface area contributed by atoms with Crippen molar-refractivity contribution in [1.29, 1.82) is 5.26 Å². The molecule has 0 spiro atoms. The second-order valence-electron chi connectivity index (χ2n) is 8.86. The Morgan fingerprint density at radius 1 is 1.15 bits per heavy atom. The minimum atomic E-state index is 0.0288. The third kappa shape index (κ3) is 3.68. The van der Waals surface area contributed by atoms with Crippen LogP contribution in [0.5, 0.6) is 11.5 Å². The highest BCUT2D eigenvalue weighted by Gasteiger charge is 2.28. The summed E-state index contributed by atoms with van der Waals surface area (Å²) in [5.41, 5.74) is 3.21. The smallest absolute Gasteiger partial charge is 0.254 e. The topological polar surface area (TPSA) is 83.2 Å². The lowest BCUT2D eigenvalue weighted by Gasteiger charge is -2.19. The van der Waals surface area contributed by atoms with Gasteiger partial charge in [0.1, 0.15) is 17.6 Å². The molecule has 2 aliphatic rings. The Balaban J connectivity index is 1.48. The normalized spacial score (nSPS) is 17.8. The molecule has 2 aliphatic heterocycles. The molecule has 168 valence electrons. The summed E-state index contributed by atoms with van der Waals surface area (Å²) < 4.78 is 8.30. The van der Waals surface area contributed by atoms with Crippen LogP contribution in [0.3, 0.4) is 0 Å². The molecule has 34 heavy (non-hydrogen) atoms. The number of rotatable bonds is 0. The Kier molecular flexibility index (Phi) is 5.01. The second-order valence-corrected chi connectivity index (χ2v) is 8.86. The first kappa shape index (κ1) is 20.5. The molecular formula is C27H23N5O2. The van der Waals surface area contributed by atoms with E-state index in [1.165, 1.54) is 0 Å². The molecule has 3 heterocycles. The SMILES string of the molecule is N#Cc1ccc2cc1Oc1ccc3cccc(c3c1)C(=O)N1CC[C@H](C1)NCc1cncn1C2. The highest BCUT2D eigenvalue weighted by Crippen LogP contribution is 2.31. The van der Waals surface area contributed by atoms with Crippen molar-refractivity contribution in [2.45, 2.75) is 25.6 Å². The number of ether oxygens (including phenoxy) is 1. The predicted octanol–water partition coefficient (Wildman–Crippen LogP) is 4.07. The Labute approximate surface area is 197 Å². The molecule has 0 unspecified atom stereocenters. The average molecular weight is 450 g/mol. The maximum atomic E-state index is 13.5. The Hall–Kier alpha value is -4.15. The fourth-order valence-electron chi connectivity index (χ4n) is 4.84. The highest BCUT2D eigenvalue weighted by atomic mass is 16.5. The van der Waals surface area contributed by atoms with Gasteiger partial charge in [0.15, 0.2) is 0 Å². The van der Waals surface area contributed by atoms with Gasteiger partial charge in [0.2, 0.25) is 0 Å². The molecule has 1 N–H and O–H groups in total. The third-order valence-corrected chi connectivity index (χ3v) is 6.68. The molecule has 1 fully saturated rings. The van der Waals surface area contributed by atoms with Crippen LogP contribution in [0, 0.1) is 11.3 Å². The zero-order valence-corrected chi connectivity index (χ0v) is 18.6. The molecule has 4 aromatic rings. The maximum Gasteiger partial charge on any atom is 0.254 e. The Morgan fingerprint density at radius 2 is 2.09 bits per heavy atom. The summed E-state index contributed by atoms with van der Waals surface area (Å²) in [5.74, 6) is 1.12. The molecule has 7 heteroatoms. The lowest BCUT2D eigenvalue weighted by atomic mass is 10.0. The van der Waals surface area contributed by atoms with Gasteiger partial charge in [-0.05, 0) is 53.1 Å². The number of imidazole rings is 1. The molecule has 1 saturated heterocycles. The van der Waals surface area contributed by atoms with Crippen LogP contribution < -0.4 is 10.1 Å². The first-order valence-electron chi connectivity index (χ1n) is 11.4. The van der Waals surface area contributed by atoms with Crippen LogP contribution in [-0.4, -0.2) is 39.5 Å². The van der Waals surface area contributed by atoms with E-state index in [1.807, 2.05) is 66.0 Å². The van der Waals surface area contributed by atoms with E-state index >= 15 is 0 Å². The van der Waals surface area contributed by atoms with Gasteiger partial charge in [0.25, 0.3) is 5.91 Å². The van der Waals surface area contributed by atoms with E-state index in [4.69, 9.17) is 4.74 Å². The zero-order valence-electron chi connectivity index (χ0n) is 18.6. The number of hydrogen-bond acceptors (Lipinski definition) is 5. The molecule has 0 radical (unpaired) electrons. The molecule has 6 bridgehead atoms. The molecule has 1 atom stereocenters. The summed E-state index contributed by atoms with van der Waals surface area (Å²) >= 11 is 0. The number of carbonyl (C=O) groups is 1. The predicted molar refractivity (Wildman–Crippen MR) is 128 cm³/mol. The first-order chi connectivity index (χ1) is 16.7. The van der Waals surface area contributed by atoms with E-state index in [2.05, 4.69) is 20.9 Å². The highest BCUT2D eigenvalue weighted by molar-refractivity contribution is 6.07. The second kappa shape index (κ2) is 8.32. The number of hydrogen-bond donors (Lipinski definition) is 1. The number of carbonyl (C=O) groups excluding carboxylic acids is 1. The number of nitrogens with one attached hydrogen (secondary N) is 1. The van der Waals surface area contributed by atoms with Gasteiger partial charge in [-0.15, -0.1) is 0 Å². The minimum Gasteiger partial charge on any atom is -0.456 e. The van der Waals surface area contributed by atoms with Crippen molar-refractivity contribution in [2.75, 3.05) is 13.1 Å². The van der Waals surface area contributed by atoms with Crippen molar-refractivity contribution in [1.82, 2.24) is 19.8 Å². The maximum absolute atomic E-state index is 13.5. The van der Waals surface area contributed by atoms with Crippen molar-refractivity contribution < 1.29 is 9.53 Å². The van der Waals surface area contributed by atoms with Crippen molar-refractivity contribution in [2.24, 2.45) is 0 Å². The summed E-state index contributed by atoms with van der Waals surface area (Å²) in [6, 6.07) is 19.6. The van der Waals surface area contributed by atoms with Crippen LogP contribution >= 0.6 is 0 Å². The van der Waals surface area contributed by atoms with Crippen LogP contribution in [0.25, 0.3) is 10.8 Å². The largest absolute Gasteiger partial charge is 0.456 e. The Morgan fingerprint density at radius 3 is 3.00 bits per heavy atom. The molecular weight excluding hydrogens is 426 g/mol. The van der Waals surface area contributed by atoms with Gasteiger partial charge in [-0.2, -0.15) is 5.26 Å². The molecule has 1 amide bonds. The molecule has 0 aliphatic carbocycles. The molecule has 1 aromatic heterocycles. The summed E-state index contributed by atoms with van der Waals surface area (Å²) in [5, 5.41) is 15.1. The molecule has 6 rings (SSSR count). The van der Waals surface area contributed by atoms with Crippen molar-refractivity contribution in [3.63, 3.8) is 0 Å². The number of fused-ring (bicyclic) bond motifs is 6. The fraction of sp³-hybridized carbons (Fsp3) is 0.222. The van der Waals surface area contributed by atoms with Crippen LogP contribution in [-0.2, 0) is 13.1 Å². The zero-order chi connectivity index (χ0) is 23.1. The third-order valence-electron chi connectivity index (χ3n) is 6.68. The van der Waals surface area contributed by atoms with E-state index in [0.717, 1.165) is 35.0 Å². The first-order valence-corrected chi connectivity index (χ1v) is 11.4. The monoisotopic (exact) mass is 449 g/mol. The Bertz CT molecular complexity index is 1450. The standard InChI is InChI=1S/C27H23N5O2/c28-12-20-5-4-18-10-26(20)34-23-7-6-19-2-1-3-24(25(19)11-23)27(33)31-9-8-21(16-31)30-14-22-13-29-17-32(22)15-18/h1-7,10-11,13,17,21,30H,8-9,14-16H2/t21-/m1/s1. The van der Waals surface area contributed by atoms with Gasteiger partial charge < -0.3 is 19.5 Å². The van der Waals surface area contributed by atoms with E-state index < -0.39 is 0 Å². The van der Waals surface area contributed by atoms with E-state index in [1.54, 1.807) is 6.07 Å². The summed E-state index contributed by atoms with van der Waals surface area (Å²) in [6.45, 7) is 2.68. The number of aromatic nitrogens is 2. The van der Waals surface area contributed by atoms with Crippen molar-refractivity contribution in [3.8, 4) is 17.6 Å². The molecule has 0 saturated carbocycles. The van der Waals surface area contributed by atoms with Gasteiger partial charge in [-0.3, -0.25) is 4.79 Å². The lowest BCUT2D eigenvalue weighted by Crippen LogP contribution is -2.35. The number of nitrogens with zero attached hydrogens (tertiary/aromatic N) is 4. The molecule has 7 nitrogen and oxygen atoms in total. The van der Waals surface area contributed by atoms with E-state index in [0.29, 0.717) is 42.3 Å². The van der Waals surface area contributed by atoms with Crippen LogP contribution in [0.1, 0.15) is 33.6 Å². The lowest BCUT2D eigenvalue weighted by molar-refractivity contribution is 0.0791. The number of nitriles is 1. The van der Waals surface area contributed by atoms with Crippen LogP contribution in [0.2, 0.25) is 0 Å². The quantitative estimate of drug-likeness (QED) is 0.438. The van der Waals surface area contributed by atoms with Gasteiger partial charge in [-0.25, -0.2) is 4.98 Å². The number of amides is 1. The average Bonchev–Trinajstić information content (AvgIpc) is 3.51. The van der Waals surface area contributed by atoms with Gasteiger partial charge >= 0.3 is 0 Å². The van der Waals surface area contributed by atoms with Gasteiger partial charge in [0.05, 0.1) is 17.6 Å². The van der Waals surface area contributed by atoms with Crippen molar-refractivity contribution >= 4 is 16.7 Å². The van der Waals surface area contributed by atoms with Gasteiger partial charge in [-0.1, -0.05) is 24.3 Å². The summed E-state index contributed by atoms with van der Waals surface area (Å²) in [6.07, 6.45) is 4.60. The van der Waals surface area contributed by atoms with E-state index in [-0.39, 0.29) is 11.9 Å². The van der Waals surface area contributed by atoms with E-state index in [9.17, 15) is 10.1 Å². The number of benzene rings is 3. The van der Waals surface area contributed by atoms with Gasteiger partial charge in [0, 0.05) is 44.0 Å². The molecule has 3 aromatic carbocycles. The van der Waals surface area contributed by atoms with Crippen LogP contribution in [0.4, 0.5) is 0 Å². The van der Waals surface area contributed by atoms with Crippen LogP contribution in [0.15, 0.2) is 67.1 Å². The van der Waals surface area contributed by atoms with Crippen molar-refractivity contribution in [3.05, 3.63) is 89.5 Å². The summed E-state index contributed by atoms with van der Waals surface area (Å²) in [7, 11) is 0. The minimum absolute atomic E-state index is 0.0288.